The van der Waals surface area contributed by atoms with Gasteiger partial charge in [0.15, 0.2) is 0 Å². The van der Waals surface area contributed by atoms with E-state index < -0.39 is 5.82 Å². The summed E-state index contributed by atoms with van der Waals surface area (Å²) in [6.45, 7) is 4.65. The van der Waals surface area contributed by atoms with Crippen molar-refractivity contribution < 1.29 is 13.5 Å². The summed E-state index contributed by atoms with van der Waals surface area (Å²) in [5.74, 6) is -0.264. The third-order valence-electron chi connectivity index (χ3n) is 2.32. The molecule has 1 heterocycles. The second kappa shape index (κ2) is 6.04. The topological polar surface area (TPSA) is 47.3 Å². The molecular weight excluding hydrogens is 271 g/mol. The highest BCUT2D eigenvalue weighted by atomic mass is 35.5. The van der Waals surface area contributed by atoms with Gasteiger partial charge in [0.1, 0.15) is 17.8 Å². The van der Waals surface area contributed by atoms with Crippen LogP contribution in [0.1, 0.15) is 19.5 Å². The van der Waals surface area contributed by atoms with Crippen LogP contribution in [-0.4, -0.2) is 11.0 Å². The lowest BCUT2D eigenvalue weighted by Crippen LogP contribution is -2.21. The maximum absolute atomic E-state index is 13.2. The number of rotatable bonds is 5. The van der Waals surface area contributed by atoms with Gasteiger partial charge in [-0.15, -0.1) is 0 Å². The minimum atomic E-state index is -0.549. The zero-order chi connectivity index (χ0) is 13.8. The van der Waals surface area contributed by atoms with Gasteiger partial charge in [-0.25, -0.2) is 4.39 Å². The molecule has 6 heteroatoms. The molecule has 2 rings (SSSR count). The zero-order valence-electron chi connectivity index (χ0n) is 10.6. The Bertz CT molecular complexity index is 557. The van der Waals surface area contributed by atoms with Crippen LogP contribution in [0, 0.1) is 5.82 Å². The lowest BCUT2D eigenvalue weighted by atomic mass is 10.3. The van der Waals surface area contributed by atoms with Crippen LogP contribution in [0.5, 0.6) is 11.8 Å². The van der Waals surface area contributed by atoms with Crippen LogP contribution in [0.25, 0.3) is 0 Å². The van der Waals surface area contributed by atoms with Crippen LogP contribution >= 0.6 is 11.6 Å². The Morgan fingerprint density at radius 3 is 2.95 bits per heavy atom. The summed E-state index contributed by atoms with van der Waals surface area (Å²) in [7, 11) is 0. The van der Waals surface area contributed by atoms with Crippen molar-refractivity contribution >= 4 is 11.6 Å². The SMILES string of the molecule is CC(C)NCc1coc(Oc2ccc(Cl)c(F)c2)n1. The molecule has 0 aliphatic rings. The summed E-state index contributed by atoms with van der Waals surface area (Å²) >= 11 is 5.58. The number of oxazole rings is 1. The van der Waals surface area contributed by atoms with E-state index in [0.717, 1.165) is 5.69 Å². The second-order valence-electron chi connectivity index (χ2n) is 4.32. The van der Waals surface area contributed by atoms with E-state index in [-0.39, 0.29) is 16.8 Å². The average Bonchev–Trinajstić information content (AvgIpc) is 2.79. The summed E-state index contributed by atoms with van der Waals surface area (Å²) < 4.78 is 23.7. The lowest BCUT2D eigenvalue weighted by molar-refractivity contribution is 0.329. The highest BCUT2D eigenvalue weighted by Gasteiger charge is 2.08. The predicted octanol–water partition coefficient (Wildman–Crippen LogP) is 3.76. The standard InChI is InChI=1S/C13H14ClFN2O2/c1-8(2)16-6-9-7-18-13(17-9)19-10-3-4-11(14)12(15)5-10/h3-5,7-8,16H,6H2,1-2H3. The first kappa shape index (κ1) is 13.8. The Labute approximate surface area is 115 Å². The van der Waals surface area contributed by atoms with E-state index in [2.05, 4.69) is 10.3 Å². The molecule has 0 aliphatic heterocycles. The van der Waals surface area contributed by atoms with Crippen molar-refractivity contribution in [2.75, 3.05) is 0 Å². The molecule has 0 atom stereocenters. The normalized spacial score (nSPS) is 11.0. The Balaban J connectivity index is 2.01. The van der Waals surface area contributed by atoms with E-state index >= 15 is 0 Å². The fourth-order valence-corrected chi connectivity index (χ4v) is 1.48. The highest BCUT2D eigenvalue weighted by Crippen LogP contribution is 2.24. The van der Waals surface area contributed by atoms with Crippen molar-refractivity contribution in [3.63, 3.8) is 0 Å². The van der Waals surface area contributed by atoms with Crippen molar-refractivity contribution in [1.29, 1.82) is 0 Å². The minimum absolute atomic E-state index is 0.0431. The van der Waals surface area contributed by atoms with E-state index in [1.54, 1.807) is 6.07 Å². The molecule has 4 nitrogen and oxygen atoms in total. The van der Waals surface area contributed by atoms with Crippen LogP contribution in [-0.2, 0) is 6.54 Å². The highest BCUT2D eigenvalue weighted by molar-refractivity contribution is 6.30. The third-order valence-corrected chi connectivity index (χ3v) is 2.62. The summed E-state index contributed by atoms with van der Waals surface area (Å²) in [6, 6.07) is 4.49. The first-order chi connectivity index (χ1) is 9.04. The van der Waals surface area contributed by atoms with Crippen molar-refractivity contribution in [3.8, 4) is 11.8 Å². The van der Waals surface area contributed by atoms with Crippen molar-refractivity contribution in [3.05, 3.63) is 41.0 Å². The first-order valence-electron chi connectivity index (χ1n) is 5.85. The van der Waals surface area contributed by atoms with Crippen molar-refractivity contribution in [1.82, 2.24) is 10.3 Å². The number of hydrogen-bond donors (Lipinski definition) is 1. The molecule has 1 aromatic heterocycles. The van der Waals surface area contributed by atoms with Gasteiger partial charge in [0, 0.05) is 18.7 Å². The molecule has 19 heavy (non-hydrogen) atoms. The molecule has 0 fully saturated rings. The van der Waals surface area contributed by atoms with E-state index in [9.17, 15) is 4.39 Å². The largest absolute Gasteiger partial charge is 0.417 e. The van der Waals surface area contributed by atoms with Gasteiger partial charge in [0.2, 0.25) is 0 Å². The fourth-order valence-electron chi connectivity index (χ4n) is 1.37. The molecule has 102 valence electrons. The maximum atomic E-state index is 13.2. The lowest BCUT2D eigenvalue weighted by Gasteiger charge is -2.04. The molecule has 0 aliphatic carbocycles. The molecule has 0 bridgehead atoms. The summed E-state index contributed by atoms with van der Waals surface area (Å²) in [5, 5.41) is 3.24. The first-order valence-corrected chi connectivity index (χ1v) is 6.23. The van der Waals surface area contributed by atoms with Crippen LogP contribution in [0.3, 0.4) is 0 Å². The number of benzene rings is 1. The molecular formula is C13H14ClFN2O2. The van der Waals surface area contributed by atoms with Crippen molar-refractivity contribution in [2.24, 2.45) is 0 Å². The zero-order valence-corrected chi connectivity index (χ0v) is 11.4. The summed E-state index contributed by atoms with van der Waals surface area (Å²) in [5.41, 5.74) is 0.720. The van der Waals surface area contributed by atoms with Gasteiger partial charge in [-0.3, -0.25) is 0 Å². The smallest absolute Gasteiger partial charge is 0.399 e. The van der Waals surface area contributed by atoms with E-state index in [1.165, 1.54) is 18.4 Å². The van der Waals surface area contributed by atoms with Gasteiger partial charge in [0.05, 0.1) is 10.7 Å². The van der Waals surface area contributed by atoms with Gasteiger partial charge in [0.25, 0.3) is 0 Å². The fraction of sp³-hybridized carbons (Fsp3) is 0.308. The second-order valence-corrected chi connectivity index (χ2v) is 4.73. The van der Waals surface area contributed by atoms with Gasteiger partial charge in [-0.1, -0.05) is 25.4 Å². The van der Waals surface area contributed by atoms with Crippen molar-refractivity contribution in [2.45, 2.75) is 26.4 Å². The number of hydrogen-bond acceptors (Lipinski definition) is 4. The average molecular weight is 285 g/mol. The number of nitrogens with zero attached hydrogens (tertiary/aromatic N) is 1. The molecule has 2 aromatic rings. The number of halogens is 2. The van der Waals surface area contributed by atoms with Gasteiger partial charge in [-0.2, -0.15) is 4.98 Å². The van der Waals surface area contributed by atoms with Crippen LogP contribution in [0.4, 0.5) is 4.39 Å². The van der Waals surface area contributed by atoms with Gasteiger partial charge in [-0.05, 0) is 12.1 Å². The van der Waals surface area contributed by atoms with Crippen LogP contribution < -0.4 is 10.1 Å². The van der Waals surface area contributed by atoms with Crippen LogP contribution in [0.2, 0.25) is 5.02 Å². The van der Waals surface area contributed by atoms with E-state index in [0.29, 0.717) is 12.6 Å². The monoisotopic (exact) mass is 284 g/mol. The van der Waals surface area contributed by atoms with E-state index in [4.69, 9.17) is 20.8 Å². The minimum Gasteiger partial charge on any atom is -0.417 e. The molecule has 0 saturated carbocycles. The molecule has 0 amide bonds. The molecule has 0 spiro atoms. The molecule has 0 saturated heterocycles. The Morgan fingerprint density at radius 1 is 1.47 bits per heavy atom. The quantitative estimate of drug-likeness (QED) is 0.908. The molecule has 0 unspecified atom stereocenters. The molecule has 1 aromatic carbocycles. The number of ether oxygens (including phenoxy) is 1. The predicted molar refractivity (Wildman–Crippen MR) is 70.0 cm³/mol. The number of nitrogens with one attached hydrogen (secondary N) is 1. The van der Waals surface area contributed by atoms with Crippen LogP contribution in [0.15, 0.2) is 28.9 Å². The van der Waals surface area contributed by atoms with Gasteiger partial charge < -0.3 is 14.5 Å². The summed E-state index contributed by atoms with van der Waals surface area (Å²) in [6.07, 6.45) is 1.57. The Kier molecular flexibility index (Phi) is 4.39. The molecule has 1 N–H and O–H groups in total. The summed E-state index contributed by atoms with van der Waals surface area (Å²) in [4.78, 5) is 4.12. The Morgan fingerprint density at radius 2 is 2.26 bits per heavy atom. The van der Waals surface area contributed by atoms with Gasteiger partial charge >= 0.3 is 6.08 Å². The Hall–Kier alpha value is -1.59. The third kappa shape index (κ3) is 3.94. The van der Waals surface area contributed by atoms with E-state index in [1.807, 2.05) is 13.8 Å². The maximum Gasteiger partial charge on any atom is 0.399 e. The number of aromatic nitrogens is 1. The molecule has 0 radical (unpaired) electrons.